The van der Waals surface area contributed by atoms with E-state index in [0.717, 1.165) is 5.56 Å². The number of hydrogen-bond donors (Lipinski definition) is 3. The maximum atomic E-state index is 12.3. The Kier molecular flexibility index (Phi) is 8.24. The molecule has 1 aromatic rings. The van der Waals surface area contributed by atoms with E-state index >= 15 is 0 Å². The fraction of sp³-hybridized carbons (Fsp3) is 0.526. The molecule has 1 aromatic carbocycles. The van der Waals surface area contributed by atoms with E-state index in [4.69, 9.17) is 9.47 Å². The number of nitrogens with one attached hydrogen (secondary N) is 2. The summed E-state index contributed by atoms with van der Waals surface area (Å²) in [5.74, 6) is -1.34. The van der Waals surface area contributed by atoms with E-state index in [0.29, 0.717) is 0 Å². The molecule has 0 aliphatic rings. The third kappa shape index (κ3) is 8.54. The second-order valence-corrected chi connectivity index (χ2v) is 7.19. The number of carbonyl (C=O) groups excluding carboxylic acids is 3. The van der Waals surface area contributed by atoms with Crippen molar-refractivity contribution in [3.8, 4) is 0 Å². The van der Waals surface area contributed by atoms with Crippen LogP contribution >= 0.6 is 0 Å². The predicted molar refractivity (Wildman–Crippen MR) is 98.7 cm³/mol. The first-order valence-corrected chi connectivity index (χ1v) is 8.68. The van der Waals surface area contributed by atoms with Gasteiger partial charge in [-0.2, -0.15) is 0 Å². The van der Waals surface area contributed by atoms with Gasteiger partial charge >= 0.3 is 12.1 Å². The molecule has 8 nitrogen and oxygen atoms in total. The molecule has 0 heterocycles. The minimum absolute atomic E-state index is 0.0229. The molecule has 0 radical (unpaired) electrons. The summed E-state index contributed by atoms with van der Waals surface area (Å²) in [6.45, 7) is 7.96. The number of carbonyl (C=O) groups is 3. The fourth-order valence-electron chi connectivity index (χ4n) is 2.05. The molecule has 150 valence electrons. The Morgan fingerprint density at radius 1 is 1.07 bits per heavy atom. The molecule has 8 heteroatoms. The number of esters is 1. The molecular weight excluding hydrogens is 352 g/mol. The second-order valence-electron chi connectivity index (χ2n) is 7.19. The number of alkyl carbamates (subject to hydrolysis) is 1. The minimum Gasteiger partial charge on any atom is -0.458 e. The molecule has 0 saturated heterocycles. The van der Waals surface area contributed by atoms with Gasteiger partial charge in [-0.05, 0) is 40.2 Å². The Morgan fingerprint density at radius 3 is 2.19 bits per heavy atom. The van der Waals surface area contributed by atoms with Crippen LogP contribution in [0.25, 0.3) is 0 Å². The fourth-order valence-corrected chi connectivity index (χ4v) is 2.05. The molecule has 2 amide bonds. The summed E-state index contributed by atoms with van der Waals surface area (Å²) in [5.41, 5.74) is 0.0865. The number of aliphatic hydroxyl groups excluding tert-OH is 1. The molecule has 0 bridgehead atoms. The first-order valence-electron chi connectivity index (χ1n) is 8.68. The lowest BCUT2D eigenvalue weighted by atomic mass is 10.1. The monoisotopic (exact) mass is 380 g/mol. The zero-order chi connectivity index (χ0) is 20.6. The lowest BCUT2D eigenvalue weighted by molar-refractivity contribution is -0.158. The van der Waals surface area contributed by atoms with Gasteiger partial charge in [0.25, 0.3) is 0 Å². The van der Waals surface area contributed by atoms with Gasteiger partial charge in [-0.15, -0.1) is 0 Å². The van der Waals surface area contributed by atoms with E-state index in [9.17, 15) is 19.5 Å². The van der Waals surface area contributed by atoms with Crippen LogP contribution in [0.15, 0.2) is 30.3 Å². The number of aliphatic hydroxyl groups is 1. The molecule has 0 fully saturated rings. The SMILES string of the molecule is C[C@H](NC(=O)[C@H](NC(=O)OCc1ccccc1)[C@@H](C)O)C(=O)OC(C)(C)C. The van der Waals surface area contributed by atoms with Crippen LogP contribution in [0.3, 0.4) is 0 Å². The van der Waals surface area contributed by atoms with Gasteiger partial charge in [-0.25, -0.2) is 9.59 Å². The van der Waals surface area contributed by atoms with Crippen molar-refractivity contribution in [3.63, 3.8) is 0 Å². The van der Waals surface area contributed by atoms with Crippen LogP contribution < -0.4 is 10.6 Å². The van der Waals surface area contributed by atoms with Gasteiger partial charge in [0.05, 0.1) is 6.10 Å². The van der Waals surface area contributed by atoms with E-state index < -0.39 is 41.8 Å². The van der Waals surface area contributed by atoms with Crippen molar-refractivity contribution >= 4 is 18.0 Å². The number of ether oxygens (including phenoxy) is 2. The molecule has 3 atom stereocenters. The van der Waals surface area contributed by atoms with Crippen LogP contribution in [0.5, 0.6) is 0 Å². The van der Waals surface area contributed by atoms with Crippen LogP contribution in [0, 0.1) is 0 Å². The average Bonchev–Trinajstić information content (AvgIpc) is 2.56. The highest BCUT2D eigenvalue weighted by Crippen LogP contribution is 2.08. The lowest BCUT2D eigenvalue weighted by Gasteiger charge is -2.25. The molecule has 0 saturated carbocycles. The predicted octanol–water partition coefficient (Wildman–Crippen LogP) is 1.51. The van der Waals surface area contributed by atoms with Crippen molar-refractivity contribution in [1.29, 1.82) is 0 Å². The largest absolute Gasteiger partial charge is 0.458 e. The average molecular weight is 380 g/mol. The topological polar surface area (TPSA) is 114 Å². The van der Waals surface area contributed by atoms with Gasteiger partial charge in [-0.1, -0.05) is 30.3 Å². The van der Waals surface area contributed by atoms with E-state index in [-0.39, 0.29) is 6.61 Å². The first-order chi connectivity index (χ1) is 12.5. The van der Waals surface area contributed by atoms with Gasteiger partial charge in [-0.3, -0.25) is 4.79 Å². The molecule has 1 rings (SSSR count). The summed E-state index contributed by atoms with van der Waals surface area (Å²) >= 11 is 0. The van der Waals surface area contributed by atoms with E-state index in [1.807, 2.05) is 6.07 Å². The maximum Gasteiger partial charge on any atom is 0.408 e. The molecule has 3 N–H and O–H groups in total. The molecule has 0 aliphatic heterocycles. The number of hydrogen-bond acceptors (Lipinski definition) is 6. The number of benzene rings is 1. The van der Waals surface area contributed by atoms with Crippen LogP contribution in [0.1, 0.15) is 40.2 Å². The third-order valence-corrected chi connectivity index (χ3v) is 3.37. The summed E-state index contributed by atoms with van der Waals surface area (Å²) in [7, 11) is 0. The van der Waals surface area contributed by atoms with Crippen LogP contribution in [-0.4, -0.2) is 46.9 Å². The van der Waals surface area contributed by atoms with Crippen LogP contribution in [0.4, 0.5) is 4.79 Å². The van der Waals surface area contributed by atoms with Gasteiger partial charge in [0.1, 0.15) is 24.3 Å². The second kappa shape index (κ2) is 9.91. The van der Waals surface area contributed by atoms with Gasteiger partial charge in [0.2, 0.25) is 5.91 Å². The van der Waals surface area contributed by atoms with E-state index in [1.54, 1.807) is 45.0 Å². The van der Waals surface area contributed by atoms with Crippen molar-refractivity contribution in [1.82, 2.24) is 10.6 Å². The molecule has 0 spiro atoms. The summed E-state index contributed by atoms with van der Waals surface area (Å²) in [5, 5.41) is 14.5. The van der Waals surface area contributed by atoms with Crippen LogP contribution in [-0.2, 0) is 25.7 Å². The van der Waals surface area contributed by atoms with E-state index in [1.165, 1.54) is 13.8 Å². The molecule has 0 aromatic heterocycles. The Morgan fingerprint density at radius 2 is 1.67 bits per heavy atom. The van der Waals surface area contributed by atoms with Gasteiger partial charge in [0, 0.05) is 0 Å². The highest BCUT2D eigenvalue weighted by Gasteiger charge is 2.30. The van der Waals surface area contributed by atoms with Crippen molar-refractivity contribution in [2.75, 3.05) is 0 Å². The normalized spacial score (nSPS) is 14.4. The molecule has 0 unspecified atom stereocenters. The Hall–Kier alpha value is -2.61. The zero-order valence-electron chi connectivity index (χ0n) is 16.3. The smallest absolute Gasteiger partial charge is 0.408 e. The van der Waals surface area contributed by atoms with Gasteiger partial charge in [0.15, 0.2) is 0 Å². The summed E-state index contributed by atoms with van der Waals surface area (Å²) in [6, 6.07) is 6.80. The molecule has 0 aliphatic carbocycles. The minimum atomic E-state index is -1.28. The van der Waals surface area contributed by atoms with Crippen molar-refractivity contribution in [2.45, 2.75) is 65.0 Å². The molecule has 27 heavy (non-hydrogen) atoms. The maximum absolute atomic E-state index is 12.3. The van der Waals surface area contributed by atoms with Crippen molar-refractivity contribution in [3.05, 3.63) is 35.9 Å². The zero-order valence-corrected chi connectivity index (χ0v) is 16.3. The quantitative estimate of drug-likeness (QED) is 0.618. The van der Waals surface area contributed by atoms with Crippen molar-refractivity contribution in [2.24, 2.45) is 0 Å². The van der Waals surface area contributed by atoms with Crippen LogP contribution in [0.2, 0.25) is 0 Å². The number of rotatable bonds is 7. The first kappa shape index (κ1) is 22.4. The van der Waals surface area contributed by atoms with Crippen molar-refractivity contribution < 1.29 is 29.0 Å². The highest BCUT2D eigenvalue weighted by atomic mass is 16.6. The standard InChI is InChI=1S/C19H28N2O6/c1-12(17(24)27-19(3,4)5)20-16(23)15(13(2)22)21-18(25)26-11-14-9-7-6-8-10-14/h6-10,12-13,15,22H,11H2,1-5H3,(H,20,23)(H,21,25)/t12-,13+,15+/m0/s1. The Balaban J connectivity index is 2.59. The highest BCUT2D eigenvalue weighted by molar-refractivity contribution is 5.90. The number of amides is 2. The Bertz CT molecular complexity index is 639. The Labute approximate surface area is 159 Å². The summed E-state index contributed by atoms with van der Waals surface area (Å²) < 4.78 is 10.2. The lowest BCUT2D eigenvalue weighted by Crippen LogP contribution is -2.55. The summed E-state index contributed by atoms with van der Waals surface area (Å²) in [4.78, 5) is 36.2. The van der Waals surface area contributed by atoms with E-state index in [2.05, 4.69) is 10.6 Å². The van der Waals surface area contributed by atoms with Gasteiger partial charge < -0.3 is 25.2 Å². The molecular formula is C19H28N2O6. The third-order valence-electron chi connectivity index (χ3n) is 3.37. The summed E-state index contributed by atoms with van der Waals surface area (Å²) in [6.07, 6.45) is -2.05.